The van der Waals surface area contributed by atoms with Gasteiger partial charge in [-0.3, -0.25) is 4.79 Å². The van der Waals surface area contributed by atoms with E-state index in [1.165, 1.54) is 7.11 Å². The second-order valence-corrected chi connectivity index (χ2v) is 5.77. The van der Waals surface area contributed by atoms with Crippen LogP contribution in [0.2, 0.25) is 0 Å². The quantitative estimate of drug-likeness (QED) is 0.588. The van der Waals surface area contributed by atoms with Gasteiger partial charge in [0.05, 0.1) is 7.11 Å². The fourth-order valence-electron chi connectivity index (χ4n) is 2.95. The van der Waals surface area contributed by atoms with E-state index < -0.39 is 11.9 Å². The molecule has 2 N–H and O–H groups in total. The molecule has 0 fully saturated rings. The Kier molecular flexibility index (Phi) is 5.49. The molecule has 0 amide bonds. The molecule has 0 radical (unpaired) electrons. The fourth-order valence-corrected chi connectivity index (χ4v) is 2.95. The average Bonchev–Trinajstić information content (AvgIpc) is 2.93. The molecule has 24 heavy (non-hydrogen) atoms. The smallest absolute Gasteiger partial charge is 0.342 e. The van der Waals surface area contributed by atoms with Gasteiger partial charge in [0.25, 0.3) is 0 Å². The number of cyclic esters (lactones) is 1. The molecule has 0 aromatic heterocycles. The number of phenolic OH excluding ortho intramolecular Hbond substituents is 1. The van der Waals surface area contributed by atoms with Gasteiger partial charge in [0.1, 0.15) is 23.7 Å². The maximum Gasteiger partial charge on any atom is 0.342 e. The van der Waals surface area contributed by atoms with E-state index in [2.05, 4.69) is 0 Å². The molecular formula is C18H22O6. The van der Waals surface area contributed by atoms with E-state index in [-0.39, 0.29) is 24.3 Å². The van der Waals surface area contributed by atoms with E-state index in [0.717, 1.165) is 11.1 Å². The van der Waals surface area contributed by atoms with Gasteiger partial charge in [0.15, 0.2) is 0 Å². The van der Waals surface area contributed by atoms with Crippen LogP contribution < -0.4 is 4.74 Å². The van der Waals surface area contributed by atoms with E-state index >= 15 is 0 Å². The second-order valence-electron chi connectivity index (χ2n) is 5.77. The summed E-state index contributed by atoms with van der Waals surface area (Å²) in [6.45, 7) is 3.94. The number of methoxy groups -OCH3 is 1. The van der Waals surface area contributed by atoms with Crippen molar-refractivity contribution in [1.29, 1.82) is 0 Å². The van der Waals surface area contributed by atoms with Gasteiger partial charge in [-0.15, -0.1) is 0 Å². The molecule has 1 heterocycles. The lowest BCUT2D eigenvalue weighted by Gasteiger charge is -2.17. The van der Waals surface area contributed by atoms with Crippen molar-refractivity contribution in [3.05, 3.63) is 33.9 Å². The number of fused-ring (bicyclic) bond motifs is 1. The maximum atomic E-state index is 11.9. The Labute approximate surface area is 140 Å². The van der Waals surface area contributed by atoms with Crippen LogP contribution in [0.5, 0.6) is 11.5 Å². The molecule has 2 rings (SSSR count). The highest BCUT2D eigenvalue weighted by Gasteiger charge is 2.32. The molecule has 0 saturated heterocycles. The van der Waals surface area contributed by atoms with Gasteiger partial charge >= 0.3 is 11.9 Å². The van der Waals surface area contributed by atoms with Crippen molar-refractivity contribution in [2.75, 3.05) is 7.11 Å². The number of benzene rings is 1. The molecule has 0 unspecified atom stereocenters. The number of rotatable bonds is 7. The van der Waals surface area contributed by atoms with Crippen LogP contribution >= 0.6 is 0 Å². The van der Waals surface area contributed by atoms with Crippen LogP contribution in [0.1, 0.15) is 53.7 Å². The monoisotopic (exact) mass is 334 g/mol. The Morgan fingerprint density at radius 2 is 2.04 bits per heavy atom. The van der Waals surface area contributed by atoms with Crippen LogP contribution in [0.15, 0.2) is 11.6 Å². The van der Waals surface area contributed by atoms with Crippen molar-refractivity contribution in [2.24, 2.45) is 0 Å². The zero-order chi connectivity index (χ0) is 17.9. The zero-order valence-corrected chi connectivity index (χ0v) is 14.1. The first-order valence-electron chi connectivity index (χ1n) is 7.88. The van der Waals surface area contributed by atoms with Crippen LogP contribution in [0, 0.1) is 0 Å². The Bertz CT molecular complexity index is 702. The Hall–Kier alpha value is -2.50. The minimum atomic E-state index is -0.850. The van der Waals surface area contributed by atoms with Crippen molar-refractivity contribution in [2.45, 2.75) is 46.1 Å². The summed E-state index contributed by atoms with van der Waals surface area (Å²) in [6, 6.07) is 0. The number of hydrogen-bond donors (Lipinski definition) is 2. The molecule has 1 aromatic rings. The normalized spacial score (nSPS) is 13.6. The lowest BCUT2D eigenvalue weighted by atomic mass is 9.92. The first-order chi connectivity index (χ1) is 11.4. The lowest BCUT2D eigenvalue weighted by molar-refractivity contribution is -0.136. The Morgan fingerprint density at radius 1 is 1.33 bits per heavy atom. The van der Waals surface area contributed by atoms with Crippen molar-refractivity contribution >= 4 is 11.9 Å². The summed E-state index contributed by atoms with van der Waals surface area (Å²) in [5, 5.41) is 19.3. The molecule has 0 atom stereocenters. The maximum absolute atomic E-state index is 11.9. The first kappa shape index (κ1) is 17.8. The predicted molar refractivity (Wildman–Crippen MR) is 87.5 cm³/mol. The number of carbonyl (C=O) groups is 2. The number of aromatic hydroxyl groups is 1. The molecule has 0 bridgehead atoms. The van der Waals surface area contributed by atoms with Crippen LogP contribution in [-0.2, 0) is 29.0 Å². The molecule has 6 nitrogen and oxygen atoms in total. The number of carboxylic acid groups (broad SMARTS) is 1. The number of ether oxygens (including phenoxy) is 2. The topological polar surface area (TPSA) is 93.1 Å². The summed E-state index contributed by atoms with van der Waals surface area (Å²) in [7, 11) is 1.53. The van der Waals surface area contributed by atoms with Gasteiger partial charge in [0.2, 0.25) is 0 Å². The van der Waals surface area contributed by atoms with E-state index in [9.17, 15) is 14.7 Å². The van der Waals surface area contributed by atoms with Gasteiger partial charge in [0, 0.05) is 23.1 Å². The van der Waals surface area contributed by atoms with Crippen LogP contribution in [0.25, 0.3) is 0 Å². The van der Waals surface area contributed by atoms with E-state index in [1.807, 2.05) is 19.9 Å². The number of phenols is 1. The summed E-state index contributed by atoms with van der Waals surface area (Å²) in [6.07, 6.45) is 3.35. The molecule has 0 spiro atoms. The standard InChI is InChI=1S/C18H22O6/c1-4-11-13-9-24-18(22)15(13)16(21)12(17(11)23-3)7-5-10(2)6-8-14(19)20/h5,21H,4,6-9H2,1-3H3,(H,19,20)/b10-5+. The van der Waals surface area contributed by atoms with E-state index in [0.29, 0.717) is 36.1 Å². The van der Waals surface area contributed by atoms with Gasteiger partial charge in [-0.1, -0.05) is 18.6 Å². The van der Waals surface area contributed by atoms with Crippen LogP contribution in [0.4, 0.5) is 0 Å². The number of hydrogen-bond acceptors (Lipinski definition) is 5. The highest BCUT2D eigenvalue weighted by atomic mass is 16.5. The van der Waals surface area contributed by atoms with Crippen molar-refractivity contribution in [1.82, 2.24) is 0 Å². The third kappa shape index (κ3) is 3.37. The number of allylic oxidation sites excluding steroid dienone is 2. The van der Waals surface area contributed by atoms with E-state index in [1.54, 1.807) is 0 Å². The number of aliphatic carboxylic acids is 1. The van der Waals surface area contributed by atoms with Crippen LogP contribution in [0.3, 0.4) is 0 Å². The van der Waals surface area contributed by atoms with Crippen LogP contribution in [-0.4, -0.2) is 29.3 Å². The van der Waals surface area contributed by atoms with Gasteiger partial charge in [-0.05, 0) is 26.2 Å². The summed E-state index contributed by atoms with van der Waals surface area (Å²) < 4.78 is 10.5. The lowest BCUT2D eigenvalue weighted by Crippen LogP contribution is -2.05. The number of carbonyl (C=O) groups excluding carboxylic acids is 1. The Balaban J connectivity index is 2.42. The molecule has 0 saturated carbocycles. The first-order valence-corrected chi connectivity index (χ1v) is 7.88. The minimum absolute atomic E-state index is 0.0577. The number of carboxylic acids is 1. The molecule has 1 aliphatic rings. The predicted octanol–water partition coefficient (Wildman–Crippen LogP) is 2.99. The molecule has 130 valence electrons. The largest absolute Gasteiger partial charge is 0.507 e. The summed E-state index contributed by atoms with van der Waals surface area (Å²) in [5.74, 6) is -0.914. The van der Waals surface area contributed by atoms with Gasteiger partial charge < -0.3 is 19.7 Å². The third-order valence-electron chi connectivity index (χ3n) is 4.23. The SMILES string of the molecule is CCc1c2c(c(O)c(C/C=C(\C)CCC(=O)O)c1OC)C(=O)OC2. The van der Waals surface area contributed by atoms with Crippen molar-refractivity contribution < 1.29 is 29.3 Å². The third-order valence-corrected chi connectivity index (χ3v) is 4.23. The minimum Gasteiger partial charge on any atom is -0.507 e. The second kappa shape index (κ2) is 7.38. The fraction of sp³-hybridized carbons (Fsp3) is 0.444. The molecule has 1 aliphatic heterocycles. The summed E-state index contributed by atoms with van der Waals surface area (Å²) in [5.41, 5.74) is 3.20. The van der Waals surface area contributed by atoms with Gasteiger partial charge in [-0.25, -0.2) is 4.79 Å². The number of esters is 1. The van der Waals surface area contributed by atoms with E-state index in [4.69, 9.17) is 14.6 Å². The molecule has 0 aliphatic carbocycles. The van der Waals surface area contributed by atoms with Crippen molar-refractivity contribution in [3.63, 3.8) is 0 Å². The summed E-state index contributed by atoms with van der Waals surface area (Å²) >= 11 is 0. The average molecular weight is 334 g/mol. The highest BCUT2D eigenvalue weighted by molar-refractivity contribution is 5.98. The highest BCUT2D eigenvalue weighted by Crippen LogP contribution is 2.42. The molecule has 6 heteroatoms. The zero-order valence-electron chi connectivity index (χ0n) is 14.1. The molecule has 1 aromatic carbocycles. The summed E-state index contributed by atoms with van der Waals surface area (Å²) in [4.78, 5) is 22.6. The van der Waals surface area contributed by atoms with Crippen molar-refractivity contribution in [3.8, 4) is 11.5 Å². The van der Waals surface area contributed by atoms with Gasteiger partial charge in [-0.2, -0.15) is 0 Å². The Morgan fingerprint density at radius 3 is 2.62 bits per heavy atom. The molecular weight excluding hydrogens is 312 g/mol.